The third kappa shape index (κ3) is 4.05. The molecule has 116 valence electrons. The maximum Gasteiger partial charge on any atom is 0.290 e. The molecule has 0 aliphatic rings. The predicted octanol–water partition coefficient (Wildman–Crippen LogP) is 5.99. The summed E-state index contributed by atoms with van der Waals surface area (Å²) >= 11 is 7.35. The van der Waals surface area contributed by atoms with Gasteiger partial charge in [0, 0.05) is 22.7 Å². The molecule has 0 heterocycles. The number of anilines is 1. The Balaban J connectivity index is 2.26. The summed E-state index contributed by atoms with van der Waals surface area (Å²) < 4.78 is 0. The van der Waals surface area contributed by atoms with Gasteiger partial charge in [0.1, 0.15) is 0 Å². The minimum atomic E-state index is -0.0706. The zero-order chi connectivity index (χ0) is 16.3. The molecule has 0 aromatic heterocycles. The first kappa shape index (κ1) is 16.9. The van der Waals surface area contributed by atoms with E-state index in [1.165, 1.54) is 11.8 Å². The van der Waals surface area contributed by atoms with Gasteiger partial charge in [0.05, 0.1) is 0 Å². The van der Waals surface area contributed by atoms with Crippen molar-refractivity contribution in [3.05, 3.63) is 59.1 Å². The summed E-state index contributed by atoms with van der Waals surface area (Å²) in [6, 6.07) is 15.3. The van der Waals surface area contributed by atoms with Gasteiger partial charge in [-0.1, -0.05) is 50.6 Å². The summed E-state index contributed by atoms with van der Waals surface area (Å²) in [5, 5.41) is 0.678. The number of carbonyl (C=O) groups is 1. The van der Waals surface area contributed by atoms with Crippen LogP contribution in [0.3, 0.4) is 0 Å². The molecule has 0 aliphatic heterocycles. The largest absolute Gasteiger partial charge is 0.306 e. The van der Waals surface area contributed by atoms with E-state index in [0.717, 1.165) is 16.1 Å². The van der Waals surface area contributed by atoms with E-state index in [1.807, 2.05) is 48.5 Å². The van der Waals surface area contributed by atoms with E-state index in [4.69, 9.17) is 11.6 Å². The highest BCUT2D eigenvalue weighted by Crippen LogP contribution is 2.35. The van der Waals surface area contributed by atoms with Gasteiger partial charge in [0.25, 0.3) is 5.24 Å². The summed E-state index contributed by atoms with van der Waals surface area (Å²) in [7, 11) is 1.79. The number of thioether (sulfide) groups is 1. The molecule has 22 heavy (non-hydrogen) atoms. The zero-order valence-electron chi connectivity index (χ0n) is 13.3. The lowest BCUT2D eigenvalue weighted by Crippen LogP contribution is -2.22. The second-order valence-corrected chi connectivity index (χ2v) is 7.58. The molecule has 0 fully saturated rings. The highest BCUT2D eigenvalue weighted by Gasteiger charge is 2.22. The van der Waals surface area contributed by atoms with Crippen molar-refractivity contribution in [1.29, 1.82) is 0 Å². The molecule has 0 aliphatic carbocycles. The van der Waals surface area contributed by atoms with Crippen LogP contribution in [0.1, 0.15) is 26.3 Å². The van der Waals surface area contributed by atoms with Crippen molar-refractivity contribution < 1.29 is 4.79 Å². The van der Waals surface area contributed by atoms with Crippen LogP contribution in [0.4, 0.5) is 10.5 Å². The molecule has 0 saturated heterocycles. The second-order valence-electron chi connectivity index (χ2n) is 6.15. The summed E-state index contributed by atoms with van der Waals surface area (Å²) in [4.78, 5) is 15.1. The average molecular weight is 334 g/mol. The van der Waals surface area contributed by atoms with E-state index in [-0.39, 0.29) is 10.7 Å². The Kier molecular flexibility index (Phi) is 5.20. The molecule has 2 nitrogen and oxygen atoms in total. The van der Waals surface area contributed by atoms with E-state index in [1.54, 1.807) is 11.9 Å². The van der Waals surface area contributed by atoms with Crippen molar-refractivity contribution in [3.63, 3.8) is 0 Å². The van der Waals surface area contributed by atoms with Crippen LogP contribution in [0.25, 0.3) is 0 Å². The fourth-order valence-electron chi connectivity index (χ4n) is 2.10. The SMILES string of the molecule is CN(C(=O)Sc1ccc(Cl)cc1C(C)(C)C)c1ccccc1. The van der Waals surface area contributed by atoms with Gasteiger partial charge in [-0.25, -0.2) is 0 Å². The normalized spacial score (nSPS) is 11.3. The first-order chi connectivity index (χ1) is 10.3. The average Bonchev–Trinajstić information content (AvgIpc) is 2.48. The Hall–Kier alpha value is -1.45. The Morgan fingerprint density at radius 2 is 1.73 bits per heavy atom. The highest BCUT2D eigenvalue weighted by atomic mass is 35.5. The molecule has 1 amide bonds. The number of amides is 1. The van der Waals surface area contributed by atoms with Gasteiger partial charge in [-0.15, -0.1) is 0 Å². The fourth-order valence-corrected chi connectivity index (χ4v) is 3.31. The number of rotatable bonds is 2. The highest BCUT2D eigenvalue weighted by molar-refractivity contribution is 8.14. The molecule has 2 aromatic carbocycles. The Bertz CT molecular complexity index is 665. The number of nitrogens with zero attached hydrogens (tertiary/aromatic N) is 1. The first-order valence-electron chi connectivity index (χ1n) is 7.09. The Morgan fingerprint density at radius 1 is 1.09 bits per heavy atom. The van der Waals surface area contributed by atoms with Gasteiger partial charge in [0.2, 0.25) is 0 Å². The molecule has 2 aromatic rings. The van der Waals surface area contributed by atoms with Gasteiger partial charge in [0.15, 0.2) is 0 Å². The lowest BCUT2D eigenvalue weighted by atomic mass is 9.87. The summed E-state index contributed by atoms with van der Waals surface area (Å²) in [5.74, 6) is 0. The number of benzene rings is 2. The van der Waals surface area contributed by atoms with Crippen molar-refractivity contribution in [1.82, 2.24) is 0 Å². The van der Waals surface area contributed by atoms with Crippen molar-refractivity contribution in [2.75, 3.05) is 11.9 Å². The molecular weight excluding hydrogens is 314 g/mol. The quantitative estimate of drug-likeness (QED) is 0.629. The lowest BCUT2D eigenvalue weighted by molar-refractivity contribution is 0.266. The van der Waals surface area contributed by atoms with Crippen molar-refractivity contribution >= 4 is 34.3 Å². The number of hydrogen-bond acceptors (Lipinski definition) is 2. The molecule has 4 heteroatoms. The van der Waals surface area contributed by atoms with Crippen LogP contribution in [0.2, 0.25) is 5.02 Å². The van der Waals surface area contributed by atoms with Crippen LogP contribution >= 0.6 is 23.4 Å². The molecule has 0 bridgehead atoms. The second kappa shape index (κ2) is 6.76. The predicted molar refractivity (Wildman–Crippen MR) is 96.3 cm³/mol. The van der Waals surface area contributed by atoms with Crippen molar-refractivity contribution in [2.45, 2.75) is 31.1 Å². The van der Waals surface area contributed by atoms with Crippen LogP contribution in [0.5, 0.6) is 0 Å². The third-order valence-corrected chi connectivity index (χ3v) is 4.62. The monoisotopic (exact) mass is 333 g/mol. The smallest absolute Gasteiger partial charge is 0.290 e. The van der Waals surface area contributed by atoms with Gasteiger partial charge in [-0.2, -0.15) is 0 Å². The van der Waals surface area contributed by atoms with Crippen LogP contribution in [-0.2, 0) is 5.41 Å². The maximum atomic E-state index is 12.5. The van der Waals surface area contributed by atoms with E-state index in [9.17, 15) is 4.79 Å². The fraction of sp³-hybridized carbons (Fsp3) is 0.278. The summed E-state index contributed by atoms with van der Waals surface area (Å²) in [6.07, 6.45) is 0. The van der Waals surface area contributed by atoms with Gasteiger partial charge in [-0.3, -0.25) is 4.79 Å². The topological polar surface area (TPSA) is 20.3 Å². The Labute approximate surface area is 141 Å². The van der Waals surface area contributed by atoms with Gasteiger partial charge >= 0.3 is 0 Å². The molecular formula is C18H20ClNOS. The van der Waals surface area contributed by atoms with E-state index in [0.29, 0.717) is 5.02 Å². The summed E-state index contributed by atoms with van der Waals surface area (Å²) in [5.41, 5.74) is 1.89. The molecule has 0 N–H and O–H groups in total. The van der Waals surface area contributed by atoms with Crippen LogP contribution in [0, 0.1) is 0 Å². The molecule has 0 spiro atoms. The van der Waals surface area contributed by atoms with Crippen LogP contribution in [-0.4, -0.2) is 12.3 Å². The van der Waals surface area contributed by atoms with Crippen molar-refractivity contribution in [3.8, 4) is 0 Å². The number of halogens is 1. The number of hydrogen-bond donors (Lipinski definition) is 0. The standard InChI is InChI=1S/C18H20ClNOS/c1-18(2,3)15-12-13(19)10-11-16(15)22-17(21)20(4)14-8-6-5-7-9-14/h5-12H,1-4H3. The number of para-hydroxylation sites is 1. The molecule has 0 saturated carbocycles. The summed E-state index contributed by atoms with van der Waals surface area (Å²) in [6.45, 7) is 6.36. The Morgan fingerprint density at radius 3 is 2.32 bits per heavy atom. The minimum Gasteiger partial charge on any atom is -0.306 e. The van der Waals surface area contributed by atoms with E-state index >= 15 is 0 Å². The van der Waals surface area contributed by atoms with E-state index in [2.05, 4.69) is 20.8 Å². The molecule has 0 unspecified atom stereocenters. The zero-order valence-corrected chi connectivity index (χ0v) is 14.8. The molecule has 0 atom stereocenters. The van der Waals surface area contributed by atoms with E-state index < -0.39 is 0 Å². The molecule has 2 rings (SSSR count). The third-order valence-electron chi connectivity index (χ3n) is 3.36. The molecule has 0 radical (unpaired) electrons. The van der Waals surface area contributed by atoms with Crippen LogP contribution in [0.15, 0.2) is 53.4 Å². The lowest BCUT2D eigenvalue weighted by Gasteiger charge is -2.24. The first-order valence-corrected chi connectivity index (χ1v) is 8.29. The number of carbonyl (C=O) groups excluding carboxylic acids is 1. The van der Waals surface area contributed by atoms with Crippen molar-refractivity contribution in [2.24, 2.45) is 0 Å². The maximum absolute atomic E-state index is 12.5. The van der Waals surface area contributed by atoms with Gasteiger partial charge in [-0.05, 0) is 53.1 Å². The van der Waals surface area contributed by atoms with Gasteiger partial charge < -0.3 is 4.90 Å². The van der Waals surface area contributed by atoms with Crippen LogP contribution < -0.4 is 4.90 Å². The minimum absolute atomic E-state index is 0.0148.